The highest BCUT2D eigenvalue weighted by Crippen LogP contribution is 2.37. The monoisotopic (exact) mass is 458 g/mol. The number of methoxy groups -OCH3 is 2. The summed E-state index contributed by atoms with van der Waals surface area (Å²) in [5.74, 6) is 0.262. The van der Waals surface area contributed by atoms with Crippen molar-refractivity contribution in [2.75, 3.05) is 34.2 Å². The molecule has 2 aromatic rings. The largest absolute Gasteiger partial charge is 0.407 e. The zero-order valence-corrected chi connectivity index (χ0v) is 21.1. The Kier molecular flexibility index (Phi) is 9.05. The molecular weight excluding hydrogens is 420 g/mol. The van der Waals surface area contributed by atoms with Gasteiger partial charge >= 0.3 is 0 Å². The van der Waals surface area contributed by atoms with Gasteiger partial charge in [0.15, 0.2) is 6.29 Å². The Morgan fingerprint density at radius 2 is 1.53 bits per heavy atom. The number of ether oxygens (including phenoxy) is 4. The first-order valence-electron chi connectivity index (χ1n) is 11.4. The van der Waals surface area contributed by atoms with E-state index in [4.69, 9.17) is 23.4 Å². The Morgan fingerprint density at radius 1 is 0.938 bits per heavy atom. The van der Waals surface area contributed by atoms with Crippen LogP contribution in [-0.4, -0.2) is 54.9 Å². The second kappa shape index (κ2) is 11.5. The molecular formula is C26H38O5Si. The second-order valence-electron chi connectivity index (χ2n) is 9.41. The fraction of sp³-hybridized carbons (Fsp3) is 0.538. The molecule has 176 valence electrons. The summed E-state index contributed by atoms with van der Waals surface area (Å²) in [6, 6.07) is 21.5. The predicted molar refractivity (Wildman–Crippen MR) is 130 cm³/mol. The molecule has 1 aliphatic heterocycles. The van der Waals surface area contributed by atoms with Gasteiger partial charge in [-0.15, -0.1) is 0 Å². The molecule has 0 unspecified atom stereocenters. The van der Waals surface area contributed by atoms with Crippen LogP contribution in [0.3, 0.4) is 0 Å². The lowest BCUT2D eigenvalue weighted by molar-refractivity contribution is -0.120. The number of benzene rings is 2. The highest BCUT2D eigenvalue weighted by atomic mass is 28.4. The maximum Gasteiger partial charge on any atom is 0.261 e. The average Bonchev–Trinajstić information content (AvgIpc) is 3.19. The number of hydrogen-bond donors (Lipinski definition) is 0. The van der Waals surface area contributed by atoms with Gasteiger partial charge in [-0.2, -0.15) is 0 Å². The molecule has 1 heterocycles. The molecule has 0 aliphatic carbocycles. The normalized spacial score (nSPS) is 21.7. The lowest BCUT2D eigenvalue weighted by Crippen LogP contribution is -2.66. The van der Waals surface area contributed by atoms with Crippen LogP contribution < -0.4 is 10.4 Å². The molecule has 2 aromatic carbocycles. The Bertz CT molecular complexity index is 753. The van der Waals surface area contributed by atoms with Gasteiger partial charge < -0.3 is 23.4 Å². The molecule has 0 bridgehead atoms. The molecule has 1 saturated heterocycles. The molecule has 1 fully saturated rings. The molecule has 32 heavy (non-hydrogen) atoms. The van der Waals surface area contributed by atoms with Crippen molar-refractivity contribution in [2.24, 2.45) is 5.92 Å². The Morgan fingerprint density at radius 3 is 2.03 bits per heavy atom. The first kappa shape index (κ1) is 25.1. The summed E-state index contributed by atoms with van der Waals surface area (Å²) in [4.78, 5) is 0. The Balaban J connectivity index is 1.81. The van der Waals surface area contributed by atoms with E-state index < -0.39 is 8.32 Å². The molecule has 3 atom stereocenters. The maximum atomic E-state index is 7.02. The topological polar surface area (TPSA) is 46.2 Å². The molecule has 5 nitrogen and oxygen atoms in total. The lowest BCUT2D eigenvalue weighted by atomic mass is 10.0. The Labute approximate surface area is 194 Å². The molecule has 0 N–H and O–H groups in total. The third kappa shape index (κ3) is 5.68. The van der Waals surface area contributed by atoms with Gasteiger partial charge in [0.2, 0.25) is 0 Å². The fourth-order valence-corrected chi connectivity index (χ4v) is 9.34. The third-order valence-corrected chi connectivity index (χ3v) is 11.3. The van der Waals surface area contributed by atoms with Crippen molar-refractivity contribution in [2.45, 2.75) is 51.0 Å². The van der Waals surface area contributed by atoms with E-state index in [0.29, 0.717) is 20.0 Å². The zero-order valence-electron chi connectivity index (χ0n) is 20.1. The van der Waals surface area contributed by atoms with Crippen molar-refractivity contribution < 1.29 is 23.4 Å². The van der Waals surface area contributed by atoms with E-state index >= 15 is 0 Å². The molecule has 3 rings (SSSR count). The van der Waals surface area contributed by atoms with E-state index in [2.05, 4.69) is 81.4 Å². The van der Waals surface area contributed by atoms with Gasteiger partial charge in [0.25, 0.3) is 8.32 Å². The van der Waals surface area contributed by atoms with Gasteiger partial charge in [-0.05, 0) is 21.8 Å². The molecule has 0 amide bonds. The van der Waals surface area contributed by atoms with Crippen LogP contribution in [0.15, 0.2) is 60.7 Å². The van der Waals surface area contributed by atoms with Crippen molar-refractivity contribution in [1.29, 1.82) is 0 Å². The van der Waals surface area contributed by atoms with E-state index in [9.17, 15) is 0 Å². The van der Waals surface area contributed by atoms with Crippen molar-refractivity contribution in [3.05, 3.63) is 60.7 Å². The molecule has 6 heteroatoms. The molecule has 0 radical (unpaired) electrons. The van der Waals surface area contributed by atoms with Crippen molar-refractivity contribution >= 4 is 18.7 Å². The van der Waals surface area contributed by atoms with Crippen LogP contribution in [-0.2, 0) is 23.4 Å². The van der Waals surface area contributed by atoms with E-state index in [1.54, 1.807) is 14.2 Å². The number of hydrogen-bond acceptors (Lipinski definition) is 5. The van der Waals surface area contributed by atoms with E-state index in [-0.39, 0.29) is 23.4 Å². The minimum atomic E-state index is -2.54. The van der Waals surface area contributed by atoms with Gasteiger partial charge in [0, 0.05) is 33.2 Å². The van der Waals surface area contributed by atoms with Crippen molar-refractivity contribution in [3.8, 4) is 0 Å². The van der Waals surface area contributed by atoms with Crippen molar-refractivity contribution in [3.63, 3.8) is 0 Å². The lowest BCUT2D eigenvalue weighted by Gasteiger charge is -2.43. The SMILES string of the molecule is COCOC[C@H]1C[C@H](OC)O[C@H]1CCO[Si](c1ccccc1)(c1ccccc1)C(C)(C)C. The van der Waals surface area contributed by atoms with Crippen LogP contribution in [0.2, 0.25) is 5.04 Å². The minimum absolute atomic E-state index is 0.0371. The van der Waals surface area contributed by atoms with Crippen LogP contribution in [0.1, 0.15) is 33.6 Å². The van der Waals surface area contributed by atoms with Gasteiger partial charge in [-0.1, -0.05) is 81.4 Å². The van der Waals surface area contributed by atoms with Crippen molar-refractivity contribution in [1.82, 2.24) is 0 Å². The molecule has 0 saturated carbocycles. The minimum Gasteiger partial charge on any atom is -0.407 e. The summed E-state index contributed by atoms with van der Waals surface area (Å²) in [6.45, 7) is 8.40. The number of rotatable bonds is 11. The summed E-state index contributed by atoms with van der Waals surface area (Å²) < 4.78 is 29.3. The Hall–Kier alpha value is -1.54. The summed E-state index contributed by atoms with van der Waals surface area (Å²) in [5.41, 5.74) is 0. The van der Waals surface area contributed by atoms with E-state index in [0.717, 1.165) is 12.8 Å². The van der Waals surface area contributed by atoms with Crippen LogP contribution in [0.4, 0.5) is 0 Å². The molecule has 0 aromatic heterocycles. The van der Waals surface area contributed by atoms with Crippen LogP contribution in [0, 0.1) is 5.92 Å². The fourth-order valence-electron chi connectivity index (χ4n) is 4.76. The average molecular weight is 459 g/mol. The van der Waals surface area contributed by atoms with Crippen LogP contribution in [0.25, 0.3) is 0 Å². The zero-order chi connectivity index (χ0) is 23.0. The first-order chi connectivity index (χ1) is 15.4. The van der Waals surface area contributed by atoms with Crippen LogP contribution in [0.5, 0.6) is 0 Å². The standard InChI is InChI=1S/C26H38O5Si/c1-26(2,3)32(22-12-8-6-9-13-22,23-14-10-7-11-15-23)30-17-16-24-21(19-29-20-27-4)18-25(28-5)31-24/h6-15,21,24-25H,16-20H2,1-5H3/t21-,24+,25-/m1/s1. The highest BCUT2D eigenvalue weighted by molar-refractivity contribution is 6.99. The summed E-state index contributed by atoms with van der Waals surface area (Å²) >= 11 is 0. The maximum absolute atomic E-state index is 7.02. The third-order valence-electron chi connectivity index (χ3n) is 6.28. The second-order valence-corrected chi connectivity index (χ2v) is 13.7. The predicted octanol–water partition coefficient (Wildman–Crippen LogP) is 3.95. The summed E-state index contributed by atoms with van der Waals surface area (Å²) in [7, 11) is 0.793. The summed E-state index contributed by atoms with van der Waals surface area (Å²) in [5, 5.41) is 2.55. The van der Waals surface area contributed by atoms with Gasteiger partial charge in [0.1, 0.15) is 6.79 Å². The van der Waals surface area contributed by atoms with Gasteiger partial charge in [-0.25, -0.2) is 0 Å². The first-order valence-corrected chi connectivity index (χ1v) is 13.3. The summed E-state index contributed by atoms with van der Waals surface area (Å²) in [6.07, 6.45) is 1.47. The molecule has 0 spiro atoms. The quantitative estimate of drug-likeness (QED) is 0.290. The van der Waals surface area contributed by atoms with Crippen LogP contribution >= 0.6 is 0 Å². The van der Waals surface area contributed by atoms with Gasteiger partial charge in [-0.3, -0.25) is 0 Å². The molecule has 1 aliphatic rings. The van der Waals surface area contributed by atoms with Gasteiger partial charge in [0.05, 0.1) is 12.7 Å². The highest BCUT2D eigenvalue weighted by Gasteiger charge is 2.50. The van der Waals surface area contributed by atoms with E-state index in [1.165, 1.54) is 10.4 Å². The van der Waals surface area contributed by atoms with E-state index in [1.807, 2.05) is 0 Å². The smallest absolute Gasteiger partial charge is 0.261 e.